The molecule has 1 amide bonds. The first-order valence-corrected chi connectivity index (χ1v) is 9.68. The van der Waals surface area contributed by atoms with Gasteiger partial charge in [0.1, 0.15) is 12.4 Å². The lowest BCUT2D eigenvalue weighted by Crippen LogP contribution is -2.07. The van der Waals surface area contributed by atoms with Gasteiger partial charge in [-0.3, -0.25) is 14.9 Å². The van der Waals surface area contributed by atoms with Gasteiger partial charge in [-0.15, -0.1) is 11.3 Å². The van der Waals surface area contributed by atoms with Gasteiger partial charge < -0.3 is 14.8 Å². The Morgan fingerprint density at radius 1 is 1.23 bits per heavy atom. The van der Waals surface area contributed by atoms with E-state index in [2.05, 4.69) is 10.3 Å². The third-order valence-corrected chi connectivity index (χ3v) is 4.66. The highest BCUT2D eigenvalue weighted by Crippen LogP contribution is 2.33. The Bertz CT molecular complexity index is 1100. The Morgan fingerprint density at radius 2 is 1.97 bits per heavy atom. The zero-order valence-electron chi connectivity index (χ0n) is 15.5. The fourth-order valence-corrected chi connectivity index (χ4v) is 3.22. The van der Waals surface area contributed by atoms with Gasteiger partial charge in [-0.1, -0.05) is 11.6 Å². The first-order chi connectivity index (χ1) is 14.3. The molecule has 11 heteroatoms. The molecule has 1 aromatic heterocycles. The second-order valence-electron chi connectivity index (χ2n) is 5.90. The lowest BCUT2D eigenvalue weighted by Gasteiger charge is -2.08. The summed E-state index contributed by atoms with van der Waals surface area (Å²) in [6, 6.07) is 10.0. The number of rotatable bonds is 7. The molecule has 0 unspecified atom stereocenters. The van der Waals surface area contributed by atoms with Crippen molar-refractivity contribution < 1.29 is 24.0 Å². The SMILES string of the molecule is CC(=O)Nc1nc(COC(=O)c2ccc(Oc3ccc(Cl)cc3[N+](=O)[O-])cc2)cs1. The van der Waals surface area contributed by atoms with E-state index >= 15 is 0 Å². The molecule has 30 heavy (non-hydrogen) atoms. The van der Waals surface area contributed by atoms with Gasteiger partial charge in [-0.2, -0.15) is 0 Å². The largest absolute Gasteiger partial charge is 0.456 e. The summed E-state index contributed by atoms with van der Waals surface area (Å²) >= 11 is 7.01. The zero-order chi connectivity index (χ0) is 21.7. The number of nitro benzene ring substituents is 1. The van der Waals surface area contributed by atoms with E-state index in [0.717, 1.165) is 0 Å². The van der Waals surface area contributed by atoms with Gasteiger partial charge >= 0.3 is 11.7 Å². The average Bonchev–Trinajstić information content (AvgIpc) is 3.14. The summed E-state index contributed by atoms with van der Waals surface area (Å²) in [5.41, 5.74) is 0.505. The fraction of sp³-hybridized carbons (Fsp3) is 0.105. The van der Waals surface area contributed by atoms with Crippen LogP contribution in [0.3, 0.4) is 0 Å². The predicted octanol–water partition coefficient (Wildman–Crippen LogP) is 4.81. The number of hydrogen-bond donors (Lipinski definition) is 1. The van der Waals surface area contributed by atoms with E-state index in [-0.39, 0.29) is 34.5 Å². The quantitative estimate of drug-likeness (QED) is 0.313. The van der Waals surface area contributed by atoms with E-state index in [1.165, 1.54) is 60.7 Å². The van der Waals surface area contributed by atoms with Crippen molar-refractivity contribution in [2.45, 2.75) is 13.5 Å². The molecule has 1 N–H and O–H groups in total. The molecule has 0 fully saturated rings. The van der Waals surface area contributed by atoms with Crippen molar-refractivity contribution in [1.82, 2.24) is 4.98 Å². The highest BCUT2D eigenvalue weighted by atomic mass is 35.5. The van der Waals surface area contributed by atoms with Crippen LogP contribution in [0.4, 0.5) is 10.8 Å². The van der Waals surface area contributed by atoms with Crippen LogP contribution in [-0.4, -0.2) is 21.8 Å². The summed E-state index contributed by atoms with van der Waals surface area (Å²) in [5, 5.41) is 16.0. The number of benzene rings is 2. The minimum atomic E-state index is -0.594. The minimum Gasteiger partial charge on any atom is -0.456 e. The highest BCUT2D eigenvalue weighted by Gasteiger charge is 2.17. The second-order valence-corrected chi connectivity index (χ2v) is 7.19. The molecule has 0 atom stereocenters. The van der Waals surface area contributed by atoms with Crippen molar-refractivity contribution in [2.75, 3.05) is 5.32 Å². The fourth-order valence-electron chi connectivity index (χ4n) is 2.31. The Hall–Kier alpha value is -3.50. The van der Waals surface area contributed by atoms with E-state index in [4.69, 9.17) is 21.1 Å². The third-order valence-electron chi connectivity index (χ3n) is 3.62. The third kappa shape index (κ3) is 5.52. The van der Waals surface area contributed by atoms with Crippen molar-refractivity contribution in [3.05, 3.63) is 74.2 Å². The summed E-state index contributed by atoms with van der Waals surface area (Å²) in [6.45, 7) is 1.32. The molecule has 9 nitrogen and oxygen atoms in total. The molecule has 2 aromatic carbocycles. The number of thiazole rings is 1. The van der Waals surface area contributed by atoms with Crippen LogP contribution in [0.25, 0.3) is 0 Å². The monoisotopic (exact) mass is 447 g/mol. The van der Waals surface area contributed by atoms with Crippen LogP contribution >= 0.6 is 22.9 Å². The molecule has 154 valence electrons. The maximum atomic E-state index is 12.2. The first-order valence-electron chi connectivity index (χ1n) is 8.43. The number of carbonyl (C=O) groups excluding carboxylic acids is 2. The van der Waals surface area contributed by atoms with Crippen LogP contribution in [0.1, 0.15) is 23.0 Å². The Morgan fingerprint density at radius 3 is 2.63 bits per heavy atom. The molecule has 1 heterocycles. The zero-order valence-corrected chi connectivity index (χ0v) is 17.0. The van der Waals surface area contributed by atoms with E-state index in [9.17, 15) is 19.7 Å². The highest BCUT2D eigenvalue weighted by molar-refractivity contribution is 7.13. The number of aromatic nitrogens is 1. The number of carbonyl (C=O) groups is 2. The topological polar surface area (TPSA) is 121 Å². The van der Waals surface area contributed by atoms with Gasteiger partial charge in [0.05, 0.1) is 16.2 Å². The molecule has 0 bridgehead atoms. The van der Waals surface area contributed by atoms with Gasteiger partial charge in [0.25, 0.3) is 0 Å². The molecule has 3 aromatic rings. The number of nitro groups is 1. The minimum absolute atomic E-state index is 0.0261. The Labute approximate surface area is 179 Å². The van der Waals surface area contributed by atoms with Crippen LogP contribution in [0, 0.1) is 10.1 Å². The smallest absolute Gasteiger partial charge is 0.338 e. The summed E-state index contributed by atoms with van der Waals surface area (Å²) in [4.78, 5) is 37.9. The summed E-state index contributed by atoms with van der Waals surface area (Å²) < 4.78 is 10.7. The first kappa shape index (κ1) is 21.2. The number of hydrogen-bond acceptors (Lipinski definition) is 8. The maximum absolute atomic E-state index is 12.2. The molecule has 0 aliphatic carbocycles. The summed E-state index contributed by atoms with van der Waals surface area (Å²) in [7, 11) is 0. The van der Waals surface area contributed by atoms with E-state index < -0.39 is 10.9 Å². The van der Waals surface area contributed by atoms with Crippen LogP contribution in [0.5, 0.6) is 11.5 Å². The van der Waals surface area contributed by atoms with Gasteiger partial charge in [-0.25, -0.2) is 9.78 Å². The van der Waals surface area contributed by atoms with Gasteiger partial charge in [0, 0.05) is 23.4 Å². The number of nitrogens with one attached hydrogen (secondary N) is 1. The maximum Gasteiger partial charge on any atom is 0.338 e. The van der Waals surface area contributed by atoms with Gasteiger partial charge in [-0.05, 0) is 36.4 Å². The molecule has 0 saturated carbocycles. The second kappa shape index (κ2) is 9.33. The van der Waals surface area contributed by atoms with Crippen LogP contribution in [0.2, 0.25) is 5.02 Å². The van der Waals surface area contributed by atoms with Crippen molar-refractivity contribution in [3.63, 3.8) is 0 Å². The van der Waals surface area contributed by atoms with Gasteiger partial charge in [0.15, 0.2) is 5.13 Å². The van der Waals surface area contributed by atoms with Crippen molar-refractivity contribution in [2.24, 2.45) is 0 Å². The molecule has 0 aliphatic heterocycles. The normalized spacial score (nSPS) is 10.3. The van der Waals surface area contributed by atoms with E-state index in [0.29, 0.717) is 16.6 Å². The molecular weight excluding hydrogens is 434 g/mol. The number of nitrogens with zero attached hydrogens (tertiary/aromatic N) is 2. The number of anilines is 1. The van der Waals surface area contributed by atoms with E-state index in [1.54, 1.807) is 5.38 Å². The molecule has 0 radical (unpaired) electrons. The number of halogens is 1. The van der Waals surface area contributed by atoms with Crippen LogP contribution in [-0.2, 0) is 16.1 Å². The standard InChI is InChI=1S/C19H14ClN3O6S/c1-11(24)21-19-22-14(10-30-19)9-28-18(25)12-2-5-15(6-3-12)29-17-7-4-13(20)8-16(17)23(26)27/h2-8,10H,9H2,1H3,(H,21,22,24). The van der Waals surface area contributed by atoms with E-state index in [1.807, 2.05) is 0 Å². The Balaban J connectivity index is 1.61. The van der Waals surface area contributed by atoms with Crippen LogP contribution in [0.15, 0.2) is 47.8 Å². The lowest BCUT2D eigenvalue weighted by atomic mass is 10.2. The molecular formula is C19H14ClN3O6S. The Kier molecular flexibility index (Phi) is 6.60. The summed E-state index contributed by atoms with van der Waals surface area (Å²) in [6.07, 6.45) is 0. The number of esters is 1. The summed E-state index contributed by atoms with van der Waals surface area (Å²) in [5.74, 6) is -0.484. The molecule has 0 saturated heterocycles. The molecule has 3 rings (SSSR count). The average molecular weight is 448 g/mol. The lowest BCUT2D eigenvalue weighted by molar-refractivity contribution is -0.385. The molecule has 0 spiro atoms. The number of ether oxygens (including phenoxy) is 2. The predicted molar refractivity (Wildman–Crippen MR) is 110 cm³/mol. The van der Waals surface area contributed by atoms with Crippen molar-refractivity contribution in [3.8, 4) is 11.5 Å². The van der Waals surface area contributed by atoms with Crippen molar-refractivity contribution >= 4 is 45.6 Å². The van der Waals surface area contributed by atoms with Crippen molar-refractivity contribution in [1.29, 1.82) is 0 Å². The number of amides is 1. The van der Waals surface area contributed by atoms with Crippen LogP contribution < -0.4 is 10.1 Å². The molecule has 0 aliphatic rings. The van der Waals surface area contributed by atoms with Gasteiger partial charge in [0.2, 0.25) is 11.7 Å².